The molecule has 0 aliphatic rings. The maximum absolute atomic E-state index is 10.8. The van der Waals surface area contributed by atoms with E-state index >= 15 is 0 Å². The number of hydrogen-bond acceptors (Lipinski definition) is 2. The number of carbonyl (C=O) groups excluding carboxylic acids is 1. The molecule has 70 valence electrons. The zero-order chi connectivity index (χ0) is 10.4. The van der Waals surface area contributed by atoms with Crippen molar-refractivity contribution in [3.05, 3.63) is 35.9 Å². The number of allylic oxidation sites excluding steroid dienone is 1. The van der Waals surface area contributed by atoms with Gasteiger partial charge in [0.2, 0.25) is 5.78 Å². The molecule has 0 saturated carbocycles. The Kier molecular flexibility index (Phi) is 4.03. The molecule has 0 unspecified atom stereocenters. The number of terminal acetylenes is 1. The second kappa shape index (κ2) is 5.31. The number of benzene rings is 1. The number of carbonyl (C=O) groups is 1. The van der Waals surface area contributed by atoms with E-state index in [0.29, 0.717) is 0 Å². The van der Waals surface area contributed by atoms with E-state index in [2.05, 4.69) is 0 Å². The van der Waals surface area contributed by atoms with E-state index in [9.17, 15) is 4.79 Å². The molecule has 1 aromatic carbocycles. The van der Waals surface area contributed by atoms with Gasteiger partial charge >= 0.3 is 0 Å². The summed E-state index contributed by atoms with van der Waals surface area (Å²) in [5, 5.41) is 0. The molecule has 0 saturated heterocycles. The van der Waals surface area contributed by atoms with Gasteiger partial charge in [-0.25, -0.2) is 0 Å². The van der Waals surface area contributed by atoms with E-state index in [-0.39, 0.29) is 5.78 Å². The molecule has 0 aliphatic heterocycles. The van der Waals surface area contributed by atoms with Crippen molar-refractivity contribution in [1.82, 2.24) is 0 Å². The Bertz CT molecular complexity index is 382. The standard InChI is InChI=1S/C12H10OS/c1-3-11(13)7-4-10-5-8-12(14-2)9-6-10/h1,4-9H,2H3/b7-4+. The summed E-state index contributed by atoms with van der Waals surface area (Å²) in [6.07, 6.45) is 10.1. The van der Waals surface area contributed by atoms with Gasteiger partial charge < -0.3 is 0 Å². The highest BCUT2D eigenvalue weighted by molar-refractivity contribution is 7.98. The van der Waals surface area contributed by atoms with Gasteiger partial charge in [0.1, 0.15) is 0 Å². The summed E-state index contributed by atoms with van der Waals surface area (Å²) >= 11 is 1.68. The highest BCUT2D eigenvalue weighted by Gasteiger charge is 1.91. The van der Waals surface area contributed by atoms with Gasteiger partial charge in [-0.2, -0.15) is 0 Å². The smallest absolute Gasteiger partial charge is 0.228 e. The summed E-state index contributed by atoms with van der Waals surface area (Å²) in [5.41, 5.74) is 0.978. The molecule has 0 fully saturated rings. The summed E-state index contributed by atoms with van der Waals surface area (Å²) in [4.78, 5) is 12.0. The average molecular weight is 202 g/mol. The molecule has 0 radical (unpaired) electrons. The fourth-order valence-corrected chi connectivity index (χ4v) is 1.34. The normalized spacial score (nSPS) is 10.0. The number of hydrogen-bond donors (Lipinski definition) is 0. The van der Waals surface area contributed by atoms with Crippen molar-refractivity contribution < 1.29 is 4.79 Å². The first-order valence-electron chi connectivity index (χ1n) is 4.09. The van der Waals surface area contributed by atoms with Crippen molar-refractivity contribution in [2.45, 2.75) is 4.90 Å². The molecule has 1 nitrogen and oxygen atoms in total. The van der Waals surface area contributed by atoms with Crippen molar-refractivity contribution in [3.63, 3.8) is 0 Å². The van der Waals surface area contributed by atoms with Crippen LogP contribution in [-0.4, -0.2) is 12.0 Å². The monoisotopic (exact) mass is 202 g/mol. The molecule has 0 bridgehead atoms. The second-order valence-corrected chi connectivity index (χ2v) is 3.49. The van der Waals surface area contributed by atoms with Gasteiger partial charge in [-0.05, 0) is 35.9 Å². The Labute approximate surface area is 88.2 Å². The van der Waals surface area contributed by atoms with Crippen LogP contribution in [0.25, 0.3) is 6.08 Å². The summed E-state index contributed by atoms with van der Waals surface area (Å²) in [5.74, 6) is 1.72. The van der Waals surface area contributed by atoms with Crippen molar-refractivity contribution in [1.29, 1.82) is 0 Å². The van der Waals surface area contributed by atoms with Crippen molar-refractivity contribution >= 4 is 23.6 Å². The Morgan fingerprint density at radius 2 is 2.07 bits per heavy atom. The van der Waals surface area contributed by atoms with E-state index in [1.165, 1.54) is 11.0 Å². The first-order valence-corrected chi connectivity index (χ1v) is 5.31. The minimum atomic E-state index is -0.307. The molecule has 0 N–H and O–H groups in total. The lowest BCUT2D eigenvalue weighted by Crippen LogP contribution is -1.83. The lowest BCUT2D eigenvalue weighted by molar-refractivity contribution is -0.109. The zero-order valence-corrected chi connectivity index (χ0v) is 8.67. The van der Waals surface area contributed by atoms with Gasteiger partial charge in [-0.1, -0.05) is 18.2 Å². The first kappa shape index (κ1) is 10.6. The molecular formula is C12H10OS. The molecule has 0 heterocycles. The Balaban J connectivity index is 2.74. The molecule has 14 heavy (non-hydrogen) atoms. The van der Waals surface area contributed by atoms with Crippen LogP contribution in [0.5, 0.6) is 0 Å². The summed E-state index contributed by atoms with van der Waals surface area (Å²) in [6, 6.07) is 7.91. The van der Waals surface area contributed by atoms with Gasteiger partial charge in [0, 0.05) is 4.90 Å². The third-order valence-electron chi connectivity index (χ3n) is 1.69. The van der Waals surface area contributed by atoms with E-state index in [0.717, 1.165) is 5.56 Å². The van der Waals surface area contributed by atoms with E-state index in [1.807, 2.05) is 36.4 Å². The van der Waals surface area contributed by atoms with E-state index in [1.54, 1.807) is 17.8 Å². The van der Waals surface area contributed by atoms with Gasteiger partial charge in [0.15, 0.2) is 0 Å². The molecule has 0 aromatic heterocycles. The topological polar surface area (TPSA) is 17.1 Å². The Morgan fingerprint density at radius 3 is 2.57 bits per heavy atom. The molecule has 0 aliphatic carbocycles. The van der Waals surface area contributed by atoms with Crippen LogP contribution < -0.4 is 0 Å². The number of thioether (sulfide) groups is 1. The Morgan fingerprint density at radius 1 is 1.43 bits per heavy atom. The first-order chi connectivity index (χ1) is 6.76. The van der Waals surface area contributed by atoms with Gasteiger partial charge in [-0.3, -0.25) is 4.79 Å². The highest BCUT2D eigenvalue weighted by atomic mass is 32.2. The summed E-state index contributed by atoms with van der Waals surface area (Å²) in [7, 11) is 0. The molecule has 1 rings (SSSR count). The Hall–Kier alpha value is -1.46. The van der Waals surface area contributed by atoms with Crippen LogP contribution in [0.1, 0.15) is 5.56 Å². The predicted molar refractivity (Wildman–Crippen MR) is 61.1 cm³/mol. The molecule has 1 aromatic rings. The van der Waals surface area contributed by atoms with Crippen LogP contribution >= 0.6 is 11.8 Å². The minimum absolute atomic E-state index is 0.307. The van der Waals surface area contributed by atoms with Crippen LogP contribution in [-0.2, 0) is 4.79 Å². The number of ketones is 1. The van der Waals surface area contributed by atoms with E-state index in [4.69, 9.17) is 6.42 Å². The van der Waals surface area contributed by atoms with Crippen molar-refractivity contribution in [2.75, 3.05) is 6.26 Å². The predicted octanol–water partition coefficient (Wildman–Crippen LogP) is 2.62. The fourth-order valence-electron chi connectivity index (χ4n) is 0.935. The summed E-state index contributed by atoms with van der Waals surface area (Å²) in [6.45, 7) is 0. The highest BCUT2D eigenvalue weighted by Crippen LogP contribution is 2.15. The zero-order valence-electron chi connectivity index (χ0n) is 7.86. The van der Waals surface area contributed by atoms with Crippen LogP contribution in [0, 0.1) is 12.3 Å². The molecule has 2 heteroatoms. The molecule has 0 spiro atoms. The van der Waals surface area contributed by atoms with Crippen LogP contribution in [0.3, 0.4) is 0 Å². The lowest BCUT2D eigenvalue weighted by Gasteiger charge is -1.95. The summed E-state index contributed by atoms with van der Waals surface area (Å²) < 4.78 is 0. The van der Waals surface area contributed by atoms with Gasteiger partial charge in [0.25, 0.3) is 0 Å². The maximum atomic E-state index is 10.8. The van der Waals surface area contributed by atoms with E-state index < -0.39 is 0 Å². The van der Waals surface area contributed by atoms with Crippen molar-refractivity contribution in [2.24, 2.45) is 0 Å². The number of rotatable bonds is 3. The van der Waals surface area contributed by atoms with Crippen LogP contribution in [0.15, 0.2) is 35.2 Å². The average Bonchev–Trinajstić information content (AvgIpc) is 2.26. The van der Waals surface area contributed by atoms with Crippen LogP contribution in [0.4, 0.5) is 0 Å². The third-order valence-corrected chi connectivity index (χ3v) is 2.43. The third kappa shape index (κ3) is 3.12. The van der Waals surface area contributed by atoms with Crippen LogP contribution in [0.2, 0.25) is 0 Å². The second-order valence-electron chi connectivity index (χ2n) is 2.62. The molecule has 0 amide bonds. The minimum Gasteiger partial charge on any atom is -0.280 e. The fraction of sp³-hybridized carbons (Fsp3) is 0.0833. The molecule has 0 atom stereocenters. The lowest BCUT2D eigenvalue weighted by atomic mass is 10.2. The largest absolute Gasteiger partial charge is 0.280 e. The molecular weight excluding hydrogens is 192 g/mol. The SMILES string of the molecule is C#CC(=O)/C=C/c1ccc(SC)cc1. The van der Waals surface area contributed by atoms with Crippen molar-refractivity contribution in [3.8, 4) is 12.3 Å². The quantitative estimate of drug-likeness (QED) is 0.324. The van der Waals surface area contributed by atoms with Gasteiger partial charge in [0.05, 0.1) is 0 Å². The maximum Gasteiger partial charge on any atom is 0.228 e. The van der Waals surface area contributed by atoms with Gasteiger partial charge in [-0.15, -0.1) is 18.2 Å².